The zero-order valence-electron chi connectivity index (χ0n) is 17.6. The molecule has 1 unspecified atom stereocenters. The average Bonchev–Trinajstić information content (AvgIpc) is 3.44. The molecule has 1 aliphatic heterocycles. The second-order valence-corrected chi connectivity index (χ2v) is 9.97. The van der Waals surface area contributed by atoms with Gasteiger partial charge in [0.1, 0.15) is 0 Å². The molecule has 2 aliphatic carbocycles. The summed E-state index contributed by atoms with van der Waals surface area (Å²) in [5, 5.41) is 4.00. The minimum absolute atomic E-state index is 0.0560. The second kappa shape index (κ2) is 9.08. The van der Waals surface area contributed by atoms with Crippen molar-refractivity contribution in [2.24, 2.45) is 0 Å². The van der Waals surface area contributed by atoms with Crippen LogP contribution < -0.4 is 10.0 Å². The number of amides is 2. The number of ether oxygens (including phenoxy) is 1. The van der Waals surface area contributed by atoms with Gasteiger partial charge in [0, 0.05) is 30.8 Å². The highest BCUT2D eigenvalue weighted by Crippen LogP contribution is 2.38. The van der Waals surface area contributed by atoms with E-state index in [1.165, 1.54) is 22.3 Å². The molecule has 8 heteroatoms. The number of rotatable bonds is 7. The molecule has 1 aromatic carbocycles. The third kappa shape index (κ3) is 4.71. The Hall–Kier alpha value is -1.90. The molecule has 0 bridgehead atoms. The average molecular weight is 434 g/mol. The van der Waals surface area contributed by atoms with Crippen molar-refractivity contribution in [3.05, 3.63) is 39.8 Å². The summed E-state index contributed by atoms with van der Waals surface area (Å²) in [6, 6.07) is 1.65. The Morgan fingerprint density at radius 3 is 2.53 bits per heavy atom. The van der Waals surface area contributed by atoms with Crippen LogP contribution in [0.4, 0.5) is 10.5 Å². The number of nitrogens with one attached hydrogen (secondary N) is 2. The monoisotopic (exact) mass is 433 g/mol. The Labute approximate surface area is 178 Å². The molecule has 0 radical (unpaired) electrons. The van der Waals surface area contributed by atoms with Crippen molar-refractivity contribution in [1.82, 2.24) is 9.62 Å². The van der Waals surface area contributed by atoms with E-state index in [0.29, 0.717) is 6.61 Å². The van der Waals surface area contributed by atoms with E-state index in [4.69, 9.17) is 4.74 Å². The summed E-state index contributed by atoms with van der Waals surface area (Å²) < 4.78 is 32.2. The van der Waals surface area contributed by atoms with E-state index in [0.717, 1.165) is 75.6 Å². The normalized spacial score (nSPS) is 21.2. The predicted octanol–water partition coefficient (Wildman–Crippen LogP) is 2.74. The van der Waals surface area contributed by atoms with Gasteiger partial charge in [0.2, 0.25) is 0 Å². The maximum atomic E-state index is 12.6. The van der Waals surface area contributed by atoms with Crippen LogP contribution in [0.15, 0.2) is 17.6 Å². The Morgan fingerprint density at radius 1 is 1.17 bits per heavy atom. The summed E-state index contributed by atoms with van der Waals surface area (Å²) in [6.45, 7) is 2.31. The van der Waals surface area contributed by atoms with Gasteiger partial charge >= 0.3 is 6.03 Å². The number of fused-ring (bicyclic) bond motifs is 2. The van der Waals surface area contributed by atoms with Crippen LogP contribution in [0, 0.1) is 0 Å². The smallest absolute Gasteiger partial charge is 0.333 e. The van der Waals surface area contributed by atoms with Crippen molar-refractivity contribution < 1.29 is 17.9 Å². The van der Waals surface area contributed by atoms with E-state index in [-0.39, 0.29) is 6.04 Å². The number of hydrogen-bond acceptors (Lipinski definition) is 5. The molecular weight excluding hydrogens is 402 g/mol. The van der Waals surface area contributed by atoms with Gasteiger partial charge in [0.15, 0.2) is 0 Å². The lowest BCUT2D eigenvalue weighted by Gasteiger charge is -2.21. The zero-order valence-corrected chi connectivity index (χ0v) is 18.4. The van der Waals surface area contributed by atoms with Crippen LogP contribution in [-0.2, 0) is 40.4 Å². The number of nitrogens with zero attached hydrogens (tertiary/aromatic N) is 1. The number of sulfonamides is 1. The Kier molecular flexibility index (Phi) is 6.46. The fourth-order valence-electron chi connectivity index (χ4n) is 5.02. The molecule has 4 rings (SSSR count). The van der Waals surface area contributed by atoms with Gasteiger partial charge in [-0.05, 0) is 80.2 Å². The van der Waals surface area contributed by atoms with Gasteiger partial charge in [0.05, 0.1) is 6.61 Å². The number of benzene rings is 1. The fraction of sp³-hybridized carbons (Fsp3) is 0.591. The third-order valence-electron chi connectivity index (χ3n) is 6.42. The van der Waals surface area contributed by atoms with Crippen molar-refractivity contribution in [2.45, 2.75) is 57.4 Å². The SMILES string of the molecule is COCCN1CCCC1C=CS(=O)(=O)NC(=O)Nc1c2c(cc3c1CCC3)CCC2. The maximum absolute atomic E-state index is 12.6. The topological polar surface area (TPSA) is 87.7 Å². The van der Waals surface area contributed by atoms with Gasteiger partial charge < -0.3 is 10.1 Å². The first-order chi connectivity index (χ1) is 14.5. The standard InChI is InChI=1S/C22H31N3O4S/c1-29-13-12-25-11-4-7-18(25)10-14-30(27,28)24-22(26)23-21-19-8-2-5-16(19)15-17-6-3-9-20(17)21/h10,14-15,18H,2-9,11-13H2,1H3,(H2,23,24,26). The van der Waals surface area contributed by atoms with Gasteiger partial charge in [-0.2, -0.15) is 0 Å². The molecule has 164 valence electrons. The molecular formula is C22H31N3O4S. The summed E-state index contributed by atoms with van der Waals surface area (Å²) in [5.41, 5.74) is 5.80. The lowest BCUT2D eigenvalue weighted by Crippen LogP contribution is -2.34. The number of methoxy groups -OCH3 is 1. The van der Waals surface area contributed by atoms with Gasteiger partial charge in [-0.3, -0.25) is 4.90 Å². The largest absolute Gasteiger partial charge is 0.383 e. The molecule has 0 spiro atoms. The molecule has 0 saturated carbocycles. The lowest BCUT2D eigenvalue weighted by molar-refractivity contribution is 0.150. The molecule has 1 heterocycles. The number of carbonyl (C=O) groups is 1. The molecule has 2 amide bonds. The quantitative estimate of drug-likeness (QED) is 0.690. The first-order valence-corrected chi connectivity index (χ1v) is 12.4. The van der Waals surface area contributed by atoms with E-state index in [2.05, 4.69) is 21.0 Å². The van der Waals surface area contributed by atoms with Crippen molar-refractivity contribution in [2.75, 3.05) is 32.1 Å². The van der Waals surface area contributed by atoms with E-state index in [9.17, 15) is 13.2 Å². The summed E-state index contributed by atoms with van der Waals surface area (Å²) in [7, 11) is -2.20. The van der Waals surface area contributed by atoms with Crippen LogP contribution >= 0.6 is 0 Å². The highest BCUT2D eigenvalue weighted by molar-refractivity contribution is 7.92. The van der Waals surface area contributed by atoms with E-state index >= 15 is 0 Å². The van der Waals surface area contributed by atoms with Crippen LogP contribution in [0.25, 0.3) is 0 Å². The lowest BCUT2D eigenvalue weighted by atomic mass is 9.99. The molecule has 3 aliphatic rings. The van der Waals surface area contributed by atoms with Gasteiger partial charge in [-0.15, -0.1) is 0 Å². The van der Waals surface area contributed by atoms with Gasteiger partial charge in [-0.1, -0.05) is 12.1 Å². The van der Waals surface area contributed by atoms with Crippen molar-refractivity contribution in [3.63, 3.8) is 0 Å². The predicted molar refractivity (Wildman–Crippen MR) is 117 cm³/mol. The molecule has 2 N–H and O–H groups in total. The Bertz CT molecular complexity index is 910. The van der Waals surface area contributed by atoms with Crippen LogP contribution in [0.1, 0.15) is 47.9 Å². The summed E-state index contributed by atoms with van der Waals surface area (Å²) in [5.74, 6) is 0. The number of aryl methyl sites for hydroxylation is 2. The third-order valence-corrected chi connectivity index (χ3v) is 7.41. The summed E-state index contributed by atoms with van der Waals surface area (Å²) in [4.78, 5) is 14.8. The highest BCUT2D eigenvalue weighted by Gasteiger charge is 2.26. The number of anilines is 1. The molecule has 1 atom stereocenters. The van der Waals surface area contributed by atoms with E-state index < -0.39 is 16.1 Å². The number of urea groups is 1. The highest BCUT2D eigenvalue weighted by atomic mass is 32.2. The van der Waals surface area contributed by atoms with Crippen LogP contribution in [0.5, 0.6) is 0 Å². The summed E-state index contributed by atoms with van der Waals surface area (Å²) in [6.07, 6.45) is 9.69. The molecule has 1 aromatic rings. The van der Waals surface area contributed by atoms with E-state index in [1.807, 2.05) is 0 Å². The molecule has 30 heavy (non-hydrogen) atoms. The van der Waals surface area contributed by atoms with Crippen molar-refractivity contribution in [1.29, 1.82) is 0 Å². The Balaban J connectivity index is 1.42. The van der Waals surface area contributed by atoms with Crippen molar-refractivity contribution in [3.8, 4) is 0 Å². The maximum Gasteiger partial charge on any atom is 0.333 e. The van der Waals surface area contributed by atoms with E-state index in [1.54, 1.807) is 13.2 Å². The van der Waals surface area contributed by atoms with Gasteiger partial charge in [0.25, 0.3) is 10.0 Å². The van der Waals surface area contributed by atoms with Crippen LogP contribution in [0.2, 0.25) is 0 Å². The van der Waals surface area contributed by atoms with Crippen LogP contribution in [-0.4, -0.2) is 52.2 Å². The minimum Gasteiger partial charge on any atom is -0.383 e. The second-order valence-electron chi connectivity index (χ2n) is 8.40. The zero-order chi connectivity index (χ0) is 21.1. The van der Waals surface area contributed by atoms with Crippen molar-refractivity contribution >= 4 is 21.7 Å². The number of carbonyl (C=O) groups excluding carboxylic acids is 1. The molecule has 0 aromatic heterocycles. The first kappa shape index (κ1) is 21.3. The Morgan fingerprint density at radius 2 is 1.87 bits per heavy atom. The number of likely N-dealkylation sites (tertiary alicyclic amines) is 1. The van der Waals surface area contributed by atoms with Crippen LogP contribution in [0.3, 0.4) is 0 Å². The molecule has 1 saturated heterocycles. The first-order valence-electron chi connectivity index (χ1n) is 10.9. The minimum atomic E-state index is -3.86. The fourth-order valence-corrected chi connectivity index (χ4v) is 5.79. The number of hydrogen-bond donors (Lipinski definition) is 2. The summed E-state index contributed by atoms with van der Waals surface area (Å²) >= 11 is 0. The molecule has 7 nitrogen and oxygen atoms in total. The molecule has 1 fully saturated rings. The van der Waals surface area contributed by atoms with Gasteiger partial charge in [-0.25, -0.2) is 17.9 Å².